The van der Waals surface area contributed by atoms with Gasteiger partial charge in [-0.05, 0) is 31.5 Å². The second-order valence-electron chi connectivity index (χ2n) is 3.29. The van der Waals surface area contributed by atoms with Gasteiger partial charge in [-0.25, -0.2) is 8.78 Å². The van der Waals surface area contributed by atoms with Gasteiger partial charge in [-0.15, -0.1) is 0 Å². The third-order valence-corrected chi connectivity index (χ3v) is 2.09. The van der Waals surface area contributed by atoms with Gasteiger partial charge in [0.2, 0.25) is 0 Å². The minimum absolute atomic E-state index is 0.0478. The van der Waals surface area contributed by atoms with Gasteiger partial charge in [0.15, 0.2) is 5.78 Å². The number of benzene rings is 1. The number of ketones is 1. The molecule has 0 aliphatic rings. The van der Waals surface area contributed by atoms with Crippen LogP contribution < -0.4 is 5.73 Å². The van der Waals surface area contributed by atoms with E-state index in [0.717, 1.165) is 18.6 Å². The minimum atomic E-state index is -0.798. The molecular formula is C11H13F2NO. The average molecular weight is 213 g/mol. The second kappa shape index (κ2) is 5.56. The van der Waals surface area contributed by atoms with Crippen LogP contribution in [0.15, 0.2) is 18.2 Å². The van der Waals surface area contributed by atoms with Crippen LogP contribution in [0.5, 0.6) is 0 Å². The van der Waals surface area contributed by atoms with Gasteiger partial charge >= 0.3 is 0 Å². The molecule has 0 spiro atoms. The molecular weight excluding hydrogens is 200 g/mol. The highest BCUT2D eigenvalue weighted by Gasteiger charge is 2.11. The Morgan fingerprint density at radius 3 is 2.60 bits per heavy atom. The van der Waals surface area contributed by atoms with Crippen LogP contribution in [0.4, 0.5) is 8.78 Å². The quantitative estimate of drug-likeness (QED) is 0.602. The van der Waals surface area contributed by atoms with Crippen molar-refractivity contribution < 1.29 is 13.6 Å². The highest BCUT2D eigenvalue weighted by molar-refractivity contribution is 5.96. The van der Waals surface area contributed by atoms with Crippen molar-refractivity contribution in [3.05, 3.63) is 35.4 Å². The maximum atomic E-state index is 13.1. The maximum Gasteiger partial charge on any atom is 0.165 e. The average Bonchev–Trinajstić information content (AvgIpc) is 2.17. The van der Waals surface area contributed by atoms with E-state index in [1.807, 2.05) is 0 Å². The fraction of sp³-hybridized carbons (Fsp3) is 0.364. The van der Waals surface area contributed by atoms with Gasteiger partial charge in [0.25, 0.3) is 0 Å². The molecule has 1 aromatic carbocycles. The van der Waals surface area contributed by atoms with Crippen molar-refractivity contribution in [3.8, 4) is 0 Å². The summed E-state index contributed by atoms with van der Waals surface area (Å²) in [6, 6.07) is 2.98. The first kappa shape index (κ1) is 11.8. The summed E-state index contributed by atoms with van der Waals surface area (Å²) >= 11 is 0. The van der Waals surface area contributed by atoms with E-state index < -0.39 is 11.6 Å². The van der Waals surface area contributed by atoms with Crippen LogP contribution in [0.2, 0.25) is 0 Å². The van der Waals surface area contributed by atoms with E-state index in [9.17, 15) is 13.6 Å². The zero-order chi connectivity index (χ0) is 11.3. The highest BCUT2D eigenvalue weighted by atomic mass is 19.1. The largest absolute Gasteiger partial charge is 0.330 e. The molecule has 0 aliphatic heterocycles. The van der Waals surface area contributed by atoms with Crippen LogP contribution >= 0.6 is 0 Å². The van der Waals surface area contributed by atoms with E-state index >= 15 is 0 Å². The lowest BCUT2D eigenvalue weighted by Gasteiger charge is -2.02. The van der Waals surface area contributed by atoms with Crippen molar-refractivity contribution >= 4 is 5.78 Å². The lowest BCUT2D eigenvalue weighted by Crippen LogP contribution is -2.05. The molecule has 0 saturated carbocycles. The number of carbonyl (C=O) groups is 1. The van der Waals surface area contributed by atoms with Gasteiger partial charge in [-0.2, -0.15) is 0 Å². The zero-order valence-electron chi connectivity index (χ0n) is 8.30. The number of carbonyl (C=O) groups excluding carboxylic acids is 1. The third-order valence-electron chi connectivity index (χ3n) is 2.09. The highest BCUT2D eigenvalue weighted by Crippen LogP contribution is 2.13. The fourth-order valence-corrected chi connectivity index (χ4v) is 1.28. The molecule has 4 heteroatoms. The fourth-order valence-electron chi connectivity index (χ4n) is 1.28. The number of unbranched alkanes of at least 4 members (excludes halogenated alkanes) is 1. The molecule has 0 bridgehead atoms. The number of hydrogen-bond donors (Lipinski definition) is 1. The standard InChI is InChI=1S/C11H13F2NO/c12-8-4-5-9(10(13)7-8)11(15)3-1-2-6-14/h4-5,7H,1-3,6,14H2. The monoisotopic (exact) mass is 213 g/mol. The second-order valence-corrected chi connectivity index (χ2v) is 3.29. The summed E-state index contributed by atoms with van der Waals surface area (Å²) in [5, 5.41) is 0. The maximum absolute atomic E-state index is 13.1. The van der Waals surface area contributed by atoms with Crippen molar-refractivity contribution in [2.24, 2.45) is 5.73 Å². The Kier molecular flexibility index (Phi) is 4.37. The van der Waals surface area contributed by atoms with Crippen LogP contribution in [0, 0.1) is 11.6 Å². The smallest absolute Gasteiger partial charge is 0.165 e. The summed E-state index contributed by atoms with van der Waals surface area (Å²) in [6.45, 7) is 0.513. The van der Waals surface area contributed by atoms with Crippen LogP contribution in [0.25, 0.3) is 0 Å². The van der Waals surface area contributed by atoms with Crippen molar-refractivity contribution in [2.75, 3.05) is 6.54 Å². The number of rotatable bonds is 5. The van der Waals surface area contributed by atoms with E-state index in [-0.39, 0.29) is 17.8 Å². The normalized spacial score (nSPS) is 10.3. The SMILES string of the molecule is NCCCCC(=O)c1ccc(F)cc1F. The number of Topliss-reactive ketones (excluding diaryl/α,β-unsaturated/α-hetero) is 1. The molecule has 0 unspecified atom stereocenters. The van der Waals surface area contributed by atoms with Crippen molar-refractivity contribution in [1.82, 2.24) is 0 Å². The molecule has 0 aromatic heterocycles. The summed E-state index contributed by atoms with van der Waals surface area (Å²) in [7, 11) is 0. The first-order chi connectivity index (χ1) is 7.15. The zero-order valence-corrected chi connectivity index (χ0v) is 8.30. The van der Waals surface area contributed by atoms with Gasteiger partial charge in [0.1, 0.15) is 11.6 Å². The van der Waals surface area contributed by atoms with Crippen LogP contribution in [-0.4, -0.2) is 12.3 Å². The molecule has 0 aliphatic carbocycles. The van der Waals surface area contributed by atoms with Crippen molar-refractivity contribution in [2.45, 2.75) is 19.3 Å². The lowest BCUT2D eigenvalue weighted by molar-refractivity contribution is 0.0975. The van der Waals surface area contributed by atoms with Crippen molar-refractivity contribution in [3.63, 3.8) is 0 Å². The first-order valence-electron chi connectivity index (χ1n) is 4.83. The topological polar surface area (TPSA) is 43.1 Å². The van der Waals surface area contributed by atoms with Crippen LogP contribution in [0.1, 0.15) is 29.6 Å². The van der Waals surface area contributed by atoms with E-state index in [1.54, 1.807) is 0 Å². The number of nitrogens with two attached hydrogens (primary N) is 1. The third kappa shape index (κ3) is 3.40. The van der Waals surface area contributed by atoms with Gasteiger partial charge in [0, 0.05) is 12.5 Å². The number of halogens is 2. The number of hydrogen-bond acceptors (Lipinski definition) is 2. The van der Waals surface area contributed by atoms with Gasteiger partial charge < -0.3 is 5.73 Å². The van der Waals surface area contributed by atoms with Gasteiger partial charge in [-0.3, -0.25) is 4.79 Å². The summed E-state index contributed by atoms with van der Waals surface area (Å²) in [6.07, 6.45) is 1.61. The lowest BCUT2D eigenvalue weighted by atomic mass is 10.0. The molecule has 0 radical (unpaired) electrons. The van der Waals surface area contributed by atoms with E-state index in [1.165, 1.54) is 6.07 Å². The molecule has 0 amide bonds. The molecule has 2 nitrogen and oxygen atoms in total. The predicted molar refractivity (Wildman–Crippen MR) is 53.6 cm³/mol. The van der Waals surface area contributed by atoms with Gasteiger partial charge in [-0.1, -0.05) is 0 Å². The Hall–Kier alpha value is -1.29. The van der Waals surface area contributed by atoms with Crippen molar-refractivity contribution in [1.29, 1.82) is 0 Å². The van der Waals surface area contributed by atoms with Gasteiger partial charge in [0.05, 0.1) is 5.56 Å². The Morgan fingerprint density at radius 2 is 2.00 bits per heavy atom. The summed E-state index contributed by atoms with van der Waals surface area (Å²) in [5.41, 5.74) is 5.22. The predicted octanol–water partition coefficient (Wildman–Crippen LogP) is 2.28. The minimum Gasteiger partial charge on any atom is -0.330 e. The summed E-state index contributed by atoms with van der Waals surface area (Å²) in [4.78, 5) is 11.4. The first-order valence-corrected chi connectivity index (χ1v) is 4.83. The summed E-state index contributed by atoms with van der Waals surface area (Å²) < 4.78 is 25.7. The van der Waals surface area contributed by atoms with E-state index in [4.69, 9.17) is 5.73 Å². The molecule has 1 rings (SSSR count). The Labute approximate surface area is 87.1 Å². The molecule has 82 valence electrons. The van der Waals surface area contributed by atoms with Crippen LogP contribution in [0.3, 0.4) is 0 Å². The molecule has 0 fully saturated rings. The molecule has 1 aromatic rings. The summed E-state index contributed by atoms with van der Waals surface area (Å²) in [5.74, 6) is -1.78. The molecule has 2 N–H and O–H groups in total. The Bertz CT molecular complexity index is 352. The van der Waals surface area contributed by atoms with E-state index in [2.05, 4.69) is 0 Å². The Balaban J connectivity index is 2.65. The molecule has 0 saturated heterocycles. The molecule has 15 heavy (non-hydrogen) atoms. The van der Waals surface area contributed by atoms with E-state index in [0.29, 0.717) is 13.0 Å². The molecule has 0 atom stereocenters. The Morgan fingerprint density at radius 1 is 1.27 bits per heavy atom. The van der Waals surface area contributed by atoms with Crippen LogP contribution in [-0.2, 0) is 0 Å². The molecule has 0 heterocycles.